The summed E-state index contributed by atoms with van der Waals surface area (Å²) in [4.78, 5) is 5.61. The highest BCUT2D eigenvalue weighted by molar-refractivity contribution is 7.15. The maximum Gasteiger partial charge on any atom is 0.193 e. The zero-order valence-corrected chi connectivity index (χ0v) is 12.6. The van der Waals surface area contributed by atoms with Crippen molar-refractivity contribution in [3.05, 3.63) is 53.3 Å². The van der Waals surface area contributed by atoms with E-state index < -0.39 is 0 Å². The van der Waals surface area contributed by atoms with Crippen molar-refractivity contribution in [1.29, 1.82) is 0 Å². The third-order valence-corrected chi connectivity index (χ3v) is 4.22. The van der Waals surface area contributed by atoms with E-state index in [0.717, 1.165) is 29.2 Å². The monoisotopic (exact) mass is 302 g/mol. The fourth-order valence-corrected chi connectivity index (χ4v) is 3.12. The smallest absolute Gasteiger partial charge is 0.193 e. The molecule has 0 saturated carbocycles. The van der Waals surface area contributed by atoms with Crippen LogP contribution < -0.4 is 16.0 Å². The second-order valence-electron chi connectivity index (χ2n) is 4.95. The minimum Gasteiger partial charge on any atom is -0.497 e. The molecule has 0 saturated heterocycles. The molecule has 0 aliphatic heterocycles. The first-order valence-electron chi connectivity index (χ1n) is 6.78. The number of nitrogens with two attached hydrogens (primary N) is 1. The molecule has 5 nitrogen and oxygen atoms in total. The van der Waals surface area contributed by atoms with Gasteiger partial charge in [0.25, 0.3) is 0 Å². The number of methoxy groups -OCH3 is 1. The van der Waals surface area contributed by atoms with Gasteiger partial charge in [0.2, 0.25) is 0 Å². The van der Waals surface area contributed by atoms with Gasteiger partial charge < -0.3 is 4.74 Å². The summed E-state index contributed by atoms with van der Waals surface area (Å²) >= 11 is 1.64. The van der Waals surface area contributed by atoms with Gasteiger partial charge in [-0.15, -0.1) is 11.3 Å². The number of nitrogens with one attached hydrogen (secondary N) is 1. The van der Waals surface area contributed by atoms with Crippen LogP contribution in [0.4, 0.5) is 0 Å². The van der Waals surface area contributed by atoms with Crippen molar-refractivity contribution in [2.24, 2.45) is 5.84 Å². The summed E-state index contributed by atoms with van der Waals surface area (Å²) in [5, 5.41) is 2.03. The van der Waals surface area contributed by atoms with Gasteiger partial charge >= 0.3 is 0 Å². The van der Waals surface area contributed by atoms with Crippen LogP contribution in [0.25, 0.3) is 4.96 Å². The Hall–Kier alpha value is -1.89. The van der Waals surface area contributed by atoms with Gasteiger partial charge in [-0.1, -0.05) is 12.1 Å². The highest BCUT2D eigenvalue weighted by Crippen LogP contribution is 2.16. The third kappa shape index (κ3) is 3.24. The van der Waals surface area contributed by atoms with Crippen LogP contribution >= 0.6 is 11.3 Å². The quantitative estimate of drug-likeness (QED) is 0.540. The Balaban J connectivity index is 1.71. The van der Waals surface area contributed by atoms with Gasteiger partial charge in [0.05, 0.1) is 12.8 Å². The summed E-state index contributed by atoms with van der Waals surface area (Å²) in [6.45, 7) is 0. The number of fused-ring (bicyclic) bond motifs is 1. The molecular weight excluding hydrogens is 284 g/mol. The molecule has 1 unspecified atom stereocenters. The SMILES string of the molecule is COc1cccc(CC(Cc2cn3ccsc3n2)NN)c1. The normalized spacial score (nSPS) is 12.7. The van der Waals surface area contributed by atoms with Gasteiger partial charge in [-0.2, -0.15) is 0 Å². The molecule has 21 heavy (non-hydrogen) atoms. The fourth-order valence-electron chi connectivity index (χ4n) is 2.40. The van der Waals surface area contributed by atoms with Crippen LogP contribution in [0, 0.1) is 0 Å². The predicted molar refractivity (Wildman–Crippen MR) is 84.6 cm³/mol. The molecule has 0 aliphatic rings. The number of nitrogens with zero attached hydrogens (tertiary/aromatic N) is 2. The van der Waals surface area contributed by atoms with Gasteiger partial charge in [-0.25, -0.2) is 4.98 Å². The summed E-state index contributed by atoms with van der Waals surface area (Å²) in [5.41, 5.74) is 5.13. The van der Waals surface area contributed by atoms with Gasteiger partial charge in [0.1, 0.15) is 5.75 Å². The Labute approximate surface area is 127 Å². The number of aromatic nitrogens is 2. The predicted octanol–water partition coefficient (Wildman–Crippen LogP) is 2.02. The van der Waals surface area contributed by atoms with Crippen molar-refractivity contribution in [2.75, 3.05) is 7.11 Å². The Morgan fingerprint density at radius 2 is 2.33 bits per heavy atom. The van der Waals surface area contributed by atoms with E-state index in [2.05, 4.69) is 22.7 Å². The highest BCUT2D eigenvalue weighted by atomic mass is 32.1. The summed E-state index contributed by atoms with van der Waals surface area (Å²) in [6.07, 6.45) is 5.70. The summed E-state index contributed by atoms with van der Waals surface area (Å²) in [7, 11) is 1.68. The minimum atomic E-state index is 0.140. The van der Waals surface area contributed by atoms with Crippen LogP contribution in [0.3, 0.4) is 0 Å². The lowest BCUT2D eigenvalue weighted by Gasteiger charge is -2.15. The molecule has 3 aromatic rings. The van der Waals surface area contributed by atoms with E-state index in [1.165, 1.54) is 5.56 Å². The van der Waals surface area contributed by atoms with E-state index in [-0.39, 0.29) is 6.04 Å². The van der Waals surface area contributed by atoms with E-state index in [0.29, 0.717) is 0 Å². The largest absolute Gasteiger partial charge is 0.497 e. The lowest BCUT2D eigenvalue weighted by molar-refractivity contribution is 0.413. The molecule has 2 aromatic heterocycles. The number of imidazole rings is 1. The van der Waals surface area contributed by atoms with Crippen LogP contribution in [0.5, 0.6) is 5.75 Å². The first-order valence-corrected chi connectivity index (χ1v) is 7.66. The molecule has 2 heterocycles. The molecule has 0 amide bonds. The average Bonchev–Trinajstić information content (AvgIpc) is 3.08. The standard InChI is InChI=1S/C15H18N4OS/c1-20-14-4-2-3-11(8-14)7-12(18-16)9-13-10-19-5-6-21-15(19)17-13/h2-6,8,10,12,18H,7,9,16H2,1H3. The Bertz CT molecular complexity index is 693. The number of hydrogen-bond donors (Lipinski definition) is 2. The molecule has 0 radical (unpaired) electrons. The molecule has 1 atom stereocenters. The molecule has 3 N–H and O–H groups in total. The first-order chi connectivity index (χ1) is 10.3. The summed E-state index contributed by atoms with van der Waals surface area (Å²) in [6, 6.07) is 8.20. The second kappa shape index (κ2) is 6.26. The van der Waals surface area contributed by atoms with Crippen molar-refractivity contribution in [1.82, 2.24) is 14.8 Å². The number of thiazole rings is 1. The molecule has 1 aromatic carbocycles. The summed E-state index contributed by atoms with van der Waals surface area (Å²) in [5.74, 6) is 6.56. The van der Waals surface area contributed by atoms with Crippen LogP contribution in [-0.4, -0.2) is 22.5 Å². The molecule has 0 aliphatic carbocycles. The van der Waals surface area contributed by atoms with Crippen molar-refractivity contribution >= 4 is 16.3 Å². The first kappa shape index (κ1) is 14.1. The van der Waals surface area contributed by atoms with E-state index in [1.807, 2.05) is 34.2 Å². The molecule has 6 heteroatoms. The third-order valence-electron chi connectivity index (χ3n) is 3.45. The molecule has 0 fully saturated rings. The Kier molecular flexibility index (Phi) is 4.19. The van der Waals surface area contributed by atoms with Crippen molar-refractivity contribution in [2.45, 2.75) is 18.9 Å². The van der Waals surface area contributed by atoms with Crippen molar-refractivity contribution in [3.8, 4) is 5.75 Å². The summed E-state index contributed by atoms with van der Waals surface area (Å²) < 4.78 is 7.29. The Morgan fingerprint density at radius 1 is 1.43 bits per heavy atom. The molecule has 3 rings (SSSR count). The van der Waals surface area contributed by atoms with Crippen molar-refractivity contribution < 1.29 is 4.74 Å². The highest BCUT2D eigenvalue weighted by Gasteiger charge is 2.12. The van der Waals surface area contributed by atoms with E-state index >= 15 is 0 Å². The maximum atomic E-state index is 5.70. The van der Waals surface area contributed by atoms with Gasteiger partial charge in [0, 0.05) is 30.2 Å². The number of benzene rings is 1. The number of hydrazine groups is 1. The fraction of sp³-hybridized carbons (Fsp3) is 0.267. The Morgan fingerprint density at radius 3 is 3.10 bits per heavy atom. The van der Waals surface area contributed by atoms with Gasteiger partial charge in [-0.3, -0.25) is 15.7 Å². The molecular formula is C15H18N4OS. The van der Waals surface area contributed by atoms with Crippen LogP contribution in [-0.2, 0) is 12.8 Å². The lowest BCUT2D eigenvalue weighted by Crippen LogP contribution is -2.38. The van der Waals surface area contributed by atoms with E-state index in [4.69, 9.17) is 10.6 Å². The topological polar surface area (TPSA) is 64.6 Å². The zero-order valence-electron chi connectivity index (χ0n) is 11.8. The molecule has 0 spiro atoms. The van der Waals surface area contributed by atoms with Crippen LogP contribution in [0.2, 0.25) is 0 Å². The van der Waals surface area contributed by atoms with Gasteiger partial charge in [-0.05, 0) is 24.1 Å². The van der Waals surface area contributed by atoms with Gasteiger partial charge in [0.15, 0.2) is 4.96 Å². The molecule has 110 valence electrons. The second-order valence-corrected chi connectivity index (χ2v) is 5.82. The number of ether oxygens (including phenoxy) is 1. The minimum absolute atomic E-state index is 0.140. The average molecular weight is 302 g/mol. The van der Waals surface area contributed by atoms with Crippen LogP contribution in [0.1, 0.15) is 11.3 Å². The van der Waals surface area contributed by atoms with E-state index in [9.17, 15) is 0 Å². The lowest BCUT2D eigenvalue weighted by atomic mass is 10.0. The number of hydrogen-bond acceptors (Lipinski definition) is 5. The molecule has 0 bridgehead atoms. The zero-order chi connectivity index (χ0) is 14.7. The number of rotatable bonds is 6. The van der Waals surface area contributed by atoms with Crippen molar-refractivity contribution in [3.63, 3.8) is 0 Å². The van der Waals surface area contributed by atoms with Crippen LogP contribution in [0.15, 0.2) is 42.0 Å². The van der Waals surface area contributed by atoms with E-state index in [1.54, 1.807) is 18.4 Å². The maximum absolute atomic E-state index is 5.70.